The van der Waals surface area contributed by atoms with Crippen molar-refractivity contribution in [2.45, 2.75) is 67.2 Å². The zero-order chi connectivity index (χ0) is 20.6. The molecule has 0 aliphatic rings. The van der Waals surface area contributed by atoms with Crippen LogP contribution in [0.3, 0.4) is 0 Å². The van der Waals surface area contributed by atoms with E-state index in [0.717, 1.165) is 12.0 Å². The topological polar surface area (TPSA) is 0 Å². The fourth-order valence-corrected chi connectivity index (χ4v) is 2.81. The molecule has 2 aromatic rings. The predicted molar refractivity (Wildman–Crippen MR) is 124 cm³/mol. The van der Waals surface area contributed by atoms with Gasteiger partial charge in [-0.2, -0.15) is 0 Å². The molecule has 2 aromatic carbocycles. The van der Waals surface area contributed by atoms with Crippen molar-refractivity contribution in [3.05, 3.63) is 82.9 Å². The Labute approximate surface area is 168 Å². The Hall–Kier alpha value is -2.08. The van der Waals surface area contributed by atoms with Crippen molar-refractivity contribution >= 4 is 11.6 Å². The highest BCUT2D eigenvalue weighted by Gasteiger charge is 2.24. The smallest absolute Gasteiger partial charge is 0.00806 e. The average Bonchev–Trinajstić information content (AvgIpc) is 2.64. The molecule has 0 aliphatic heterocycles. The van der Waals surface area contributed by atoms with E-state index < -0.39 is 0 Å². The molecule has 0 saturated carbocycles. The Morgan fingerprint density at radius 3 is 2.07 bits per heavy atom. The Morgan fingerprint density at radius 2 is 1.67 bits per heavy atom. The van der Waals surface area contributed by atoms with Crippen LogP contribution in [0.1, 0.15) is 76.3 Å². The van der Waals surface area contributed by atoms with Gasteiger partial charge in [-0.25, -0.2) is 0 Å². The van der Waals surface area contributed by atoms with E-state index >= 15 is 0 Å². The Morgan fingerprint density at radius 1 is 1.07 bits per heavy atom. The van der Waals surface area contributed by atoms with Gasteiger partial charge in [0.05, 0.1) is 0 Å². The molecule has 0 spiro atoms. The molecule has 0 amide bonds. The SMILES string of the molecule is C=C(C)c1ccc(/C=C\C)c(C)c1.CCc1ccc(C(C)(C)C(C)C)cc1. The van der Waals surface area contributed by atoms with E-state index in [1.165, 1.54) is 27.8 Å². The van der Waals surface area contributed by atoms with Crippen molar-refractivity contribution in [3.63, 3.8) is 0 Å². The first-order valence-corrected chi connectivity index (χ1v) is 10.1. The summed E-state index contributed by atoms with van der Waals surface area (Å²) >= 11 is 0. The third kappa shape index (κ3) is 6.54. The highest BCUT2D eigenvalue weighted by Crippen LogP contribution is 2.31. The summed E-state index contributed by atoms with van der Waals surface area (Å²) in [5.74, 6) is 0.676. The monoisotopic (exact) mass is 362 g/mol. The quantitative estimate of drug-likeness (QED) is 0.502. The molecule has 0 radical (unpaired) electrons. The van der Waals surface area contributed by atoms with Crippen molar-refractivity contribution in [2.24, 2.45) is 5.92 Å². The van der Waals surface area contributed by atoms with Gasteiger partial charge in [-0.05, 0) is 66.3 Å². The van der Waals surface area contributed by atoms with Gasteiger partial charge in [0.25, 0.3) is 0 Å². The fraction of sp³-hybridized carbons (Fsp3) is 0.407. The van der Waals surface area contributed by atoms with Gasteiger partial charge in [-0.3, -0.25) is 0 Å². The highest BCUT2D eigenvalue weighted by molar-refractivity contribution is 5.65. The Kier molecular flexibility index (Phi) is 8.76. The minimum absolute atomic E-state index is 0.284. The van der Waals surface area contributed by atoms with Gasteiger partial charge in [0.2, 0.25) is 0 Å². The predicted octanol–water partition coefficient (Wildman–Crippen LogP) is 8.24. The van der Waals surface area contributed by atoms with Crippen LogP contribution in [0.5, 0.6) is 0 Å². The summed E-state index contributed by atoms with van der Waals surface area (Å²) in [4.78, 5) is 0. The standard InChI is InChI=1S/C14H22.C13H16/c1-6-12-7-9-13(10-8-12)14(4,5)11(2)3;1-5-6-12-7-8-13(10(2)3)9-11(12)4/h7-11H,6H2,1-5H3;5-9H,2H2,1,3-4H3/b;6-5-. The molecule has 0 atom stereocenters. The maximum atomic E-state index is 3.92. The van der Waals surface area contributed by atoms with Crippen molar-refractivity contribution in [2.75, 3.05) is 0 Å². The molecule has 0 heteroatoms. The number of allylic oxidation sites excluding steroid dienone is 2. The first kappa shape index (κ1) is 23.0. The van der Waals surface area contributed by atoms with E-state index in [2.05, 4.69) is 103 Å². The van der Waals surface area contributed by atoms with Crippen LogP contribution >= 0.6 is 0 Å². The molecule has 0 aromatic heterocycles. The van der Waals surface area contributed by atoms with Crippen LogP contribution in [-0.2, 0) is 11.8 Å². The highest BCUT2D eigenvalue weighted by atomic mass is 14.3. The van der Waals surface area contributed by atoms with Crippen LogP contribution in [0.4, 0.5) is 0 Å². The van der Waals surface area contributed by atoms with E-state index in [9.17, 15) is 0 Å². The number of rotatable bonds is 5. The van der Waals surface area contributed by atoms with E-state index in [4.69, 9.17) is 0 Å². The molecular weight excluding hydrogens is 324 g/mol. The second-order valence-electron chi connectivity index (χ2n) is 8.28. The molecule has 0 fully saturated rings. The summed E-state index contributed by atoms with van der Waals surface area (Å²) in [6, 6.07) is 15.5. The van der Waals surface area contributed by atoms with Crippen LogP contribution in [0.25, 0.3) is 11.6 Å². The van der Waals surface area contributed by atoms with Crippen LogP contribution in [0.2, 0.25) is 0 Å². The van der Waals surface area contributed by atoms with E-state index in [-0.39, 0.29) is 5.41 Å². The summed E-state index contributed by atoms with van der Waals surface area (Å²) in [5.41, 5.74) is 8.09. The molecule has 0 heterocycles. The molecule has 27 heavy (non-hydrogen) atoms. The Bertz CT molecular complexity index is 755. The van der Waals surface area contributed by atoms with Gasteiger partial charge >= 0.3 is 0 Å². The van der Waals surface area contributed by atoms with Crippen LogP contribution < -0.4 is 0 Å². The molecule has 0 unspecified atom stereocenters. The maximum Gasteiger partial charge on any atom is -0.00806 e. The van der Waals surface area contributed by atoms with E-state index in [0.29, 0.717) is 5.92 Å². The normalized spacial score (nSPS) is 11.4. The summed E-state index contributed by atoms with van der Waals surface area (Å²) in [6.45, 7) is 21.5. The third-order valence-electron chi connectivity index (χ3n) is 5.66. The van der Waals surface area contributed by atoms with Gasteiger partial charge in [-0.15, -0.1) is 0 Å². The number of hydrogen-bond acceptors (Lipinski definition) is 0. The molecule has 2 rings (SSSR count). The summed E-state index contributed by atoms with van der Waals surface area (Å²) in [6.07, 6.45) is 5.31. The van der Waals surface area contributed by atoms with Crippen molar-refractivity contribution in [1.82, 2.24) is 0 Å². The summed E-state index contributed by atoms with van der Waals surface area (Å²) < 4.78 is 0. The second-order valence-corrected chi connectivity index (χ2v) is 8.28. The van der Waals surface area contributed by atoms with Gasteiger partial charge < -0.3 is 0 Å². The molecule has 0 aliphatic carbocycles. The zero-order valence-electron chi connectivity index (χ0n) is 18.7. The molecule has 0 saturated heterocycles. The minimum atomic E-state index is 0.284. The van der Waals surface area contributed by atoms with Gasteiger partial charge in [0.1, 0.15) is 0 Å². The molecular formula is C27H38. The number of hydrogen-bond donors (Lipinski definition) is 0. The molecule has 0 N–H and O–H groups in total. The molecule has 0 nitrogen and oxygen atoms in total. The van der Waals surface area contributed by atoms with Gasteiger partial charge in [-0.1, -0.05) is 101 Å². The van der Waals surface area contributed by atoms with Gasteiger partial charge in [0.15, 0.2) is 0 Å². The molecule has 0 bridgehead atoms. The van der Waals surface area contributed by atoms with Crippen molar-refractivity contribution < 1.29 is 0 Å². The van der Waals surface area contributed by atoms with Crippen molar-refractivity contribution in [3.8, 4) is 0 Å². The lowest BCUT2D eigenvalue weighted by Crippen LogP contribution is -2.24. The van der Waals surface area contributed by atoms with Gasteiger partial charge in [0, 0.05) is 0 Å². The largest absolute Gasteiger partial charge is 0.0955 e. The van der Waals surface area contributed by atoms with Crippen LogP contribution in [0.15, 0.2) is 55.1 Å². The zero-order valence-corrected chi connectivity index (χ0v) is 18.7. The lowest BCUT2D eigenvalue weighted by Gasteiger charge is -2.30. The minimum Gasteiger partial charge on any atom is -0.0955 e. The van der Waals surface area contributed by atoms with Crippen LogP contribution in [-0.4, -0.2) is 0 Å². The third-order valence-corrected chi connectivity index (χ3v) is 5.66. The average molecular weight is 363 g/mol. The second kappa shape index (κ2) is 10.3. The molecule has 146 valence electrons. The Balaban J connectivity index is 0.000000271. The summed E-state index contributed by atoms with van der Waals surface area (Å²) in [5, 5.41) is 0. The first-order valence-electron chi connectivity index (χ1n) is 10.1. The van der Waals surface area contributed by atoms with Crippen LogP contribution in [0, 0.1) is 12.8 Å². The van der Waals surface area contributed by atoms with E-state index in [1.54, 1.807) is 0 Å². The first-order chi connectivity index (χ1) is 12.6. The van der Waals surface area contributed by atoms with Crippen molar-refractivity contribution in [1.29, 1.82) is 0 Å². The maximum absolute atomic E-state index is 3.92. The fourth-order valence-electron chi connectivity index (χ4n) is 2.81. The lowest BCUT2D eigenvalue weighted by atomic mass is 9.75. The summed E-state index contributed by atoms with van der Waals surface area (Å²) in [7, 11) is 0. The number of benzene rings is 2. The lowest BCUT2D eigenvalue weighted by molar-refractivity contribution is 0.372. The number of aryl methyl sites for hydroxylation is 2. The van der Waals surface area contributed by atoms with E-state index in [1.807, 2.05) is 13.8 Å².